The van der Waals surface area contributed by atoms with E-state index in [1.165, 1.54) is 12.8 Å². The van der Waals surface area contributed by atoms with Crippen LogP contribution in [0, 0.1) is 5.41 Å². The molecule has 0 aromatic carbocycles. The fourth-order valence-electron chi connectivity index (χ4n) is 4.78. The van der Waals surface area contributed by atoms with Crippen molar-refractivity contribution in [2.24, 2.45) is 5.41 Å². The fourth-order valence-corrected chi connectivity index (χ4v) is 4.78. The standard InChI is InChI=1S/C18H29N3O3/c22-16(19-13-5-6-13)14-3-2-10-21(14)17(23)20-15-4-1-7-18(15)8-11-24-12-9-18/h13-15H,1-12H2,(H,19,22)(H,20,23)/t14-,15+/m0/s1. The number of nitrogens with one attached hydrogen (secondary N) is 2. The molecule has 24 heavy (non-hydrogen) atoms. The molecule has 3 amide bonds. The van der Waals surface area contributed by atoms with Gasteiger partial charge < -0.3 is 20.3 Å². The van der Waals surface area contributed by atoms with Crippen molar-refractivity contribution in [2.45, 2.75) is 75.9 Å². The van der Waals surface area contributed by atoms with Crippen molar-refractivity contribution in [1.29, 1.82) is 0 Å². The number of hydrogen-bond donors (Lipinski definition) is 2. The highest BCUT2D eigenvalue weighted by Gasteiger charge is 2.46. The van der Waals surface area contributed by atoms with Crippen LogP contribution in [-0.2, 0) is 9.53 Å². The average molecular weight is 335 g/mol. The van der Waals surface area contributed by atoms with Gasteiger partial charge in [0.25, 0.3) is 0 Å². The van der Waals surface area contributed by atoms with Gasteiger partial charge >= 0.3 is 6.03 Å². The lowest BCUT2D eigenvalue weighted by molar-refractivity contribution is -0.124. The van der Waals surface area contributed by atoms with E-state index in [0.29, 0.717) is 12.6 Å². The number of amides is 3. The quantitative estimate of drug-likeness (QED) is 0.826. The van der Waals surface area contributed by atoms with E-state index in [4.69, 9.17) is 4.74 Å². The largest absolute Gasteiger partial charge is 0.381 e. The van der Waals surface area contributed by atoms with Crippen LogP contribution in [0.3, 0.4) is 0 Å². The second kappa shape index (κ2) is 6.54. The van der Waals surface area contributed by atoms with Gasteiger partial charge in [-0.25, -0.2) is 4.79 Å². The van der Waals surface area contributed by atoms with Crippen molar-refractivity contribution >= 4 is 11.9 Å². The summed E-state index contributed by atoms with van der Waals surface area (Å²) in [6.45, 7) is 2.31. The van der Waals surface area contributed by atoms with E-state index in [-0.39, 0.29) is 29.4 Å². The maximum Gasteiger partial charge on any atom is 0.318 e. The van der Waals surface area contributed by atoms with Crippen LogP contribution < -0.4 is 10.6 Å². The molecule has 0 bridgehead atoms. The van der Waals surface area contributed by atoms with E-state index in [9.17, 15) is 9.59 Å². The molecular formula is C18H29N3O3. The molecule has 2 aliphatic heterocycles. The predicted octanol–water partition coefficient (Wildman–Crippen LogP) is 1.79. The van der Waals surface area contributed by atoms with Gasteiger partial charge in [-0.15, -0.1) is 0 Å². The maximum atomic E-state index is 12.8. The third-order valence-corrected chi connectivity index (χ3v) is 6.43. The normalized spacial score (nSPS) is 32.1. The zero-order valence-electron chi connectivity index (χ0n) is 14.4. The van der Waals surface area contributed by atoms with Gasteiger partial charge in [-0.05, 0) is 56.8 Å². The molecule has 4 rings (SSSR count). The first-order chi connectivity index (χ1) is 11.7. The van der Waals surface area contributed by atoms with Gasteiger partial charge in [-0.2, -0.15) is 0 Å². The lowest BCUT2D eigenvalue weighted by atomic mass is 9.75. The number of urea groups is 1. The Bertz CT molecular complexity index is 500. The van der Waals surface area contributed by atoms with Gasteiger partial charge in [-0.3, -0.25) is 4.79 Å². The number of carbonyl (C=O) groups excluding carboxylic acids is 2. The Labute approximate surface area is 143 Å². The lowest BCUT2D eigenvalue weighted by Gasteiger charge is -2.40. The smallest absolute Gasteiger partial charge is 0.318 e. The zero-order valence-corrected chi connectivity index (χ0v) is 14.4. The molecule has 0 aromatic rings. The van der Waals surface area contributed by atoms with Gasteiger partial charge in [0, 0.05) is 31.8 Å². The van der Waals surface area contributed by atoms with Crippen LogP contribution in [0.25, 0.3) is 0 Å². The molecule has 0 aromatic heterocycles. The van der Waals surface area contributed by atoms with Crippen molar-refractivity contribution in [3.63, 3.8) is 0 Å². The van der Waals surface area contributed by atoms with Crippen LogP contribution >= 0.6 is 0 Å². The number of nitrogens with zero attached hydrogens (tertiary/aromatic N) is 1. The highest BCUT2D eigenvalue weighted by Crippen LogP contribution is 2.46. The summed E-state index contributed by atoms with van der Waals surface area (Å²) in [7, 11) is 0. The molecule has 2 aliphatic carbocycles. The summed E-state index contributed by atoms with van der Waals surface area (Å²) in [6, 6.07) is 0.267. The molecular weight excluding hydrogens is 306 g/mol. The van der Waals surface area contributed by atoms with Crippen LogP contribution in [0.15, 0.2) is 0 Å². The molecule has 4 fully saturated rings. The second-order valence-electron chi connectivity index (χ2n) is 8.00. The monoisotopic (exact) mass is 335 g/mol. The topological polar surface area (TPSA) is 70.7 Å². The van der Waals surface area contributed by atoms with E-state index in [1.807, 2.05) is 0 Å². The summed E-state index contributed by atoms with van der Waals surface area (Å²) in [5, 5.41) is 6.34. The molecule has 0 radical (unpaired) electrons. The second-order valence-corrected chi connectivity index (χ2v) is 8.00. The minimum Gasteiger partial charge on any atom is -0.381 e. The van der Waals surface area contributed by atoms with Crippen molar-refractivity contribution in [3.8, 4) is 0 Å². The fraction of sp³-hybridized carbons (Fsp3) is 0.889. The van der Waals surface area contributed by atoms with Crippen LogP contribution in [0.2, 0.25) is 0 Å². The molecule has 1 spiro atoms. The number of ether oxygens (including phenoxy) is 1. The molecule has 2 saturated heterocycles. The molecule has 134 valence electrons. The third kappa shape index (κ3) is 3.13. The van der Waals surface area contributed by atoms with Gasteiger partial charge in [0.05, 0.1) is 0 Å². The SMILES string of the molecule is O=C(NC1CC1)[C@@H]1CCCN1C(=O)N[C@@H]1CCCC12CCOCC2. The molecule has 4 aliphatic rings. The molecule has 0 unspecified atom stereocenters. The molecule has 2 atom stereocenters. The predicted molar refractivity (Wildman–Crippen MR) is 89.5 cm³/mol. The first kappa shape index (κ1) is 16.2. The van der Waals surface area contributed by atoms with Crippen LogP contribution in [0.1, 0.15) is 57.8 Å². The van der Waals surface area contributed by atoms with E-state index >= 15 is 0 Å². The van der Waals surface area contributed by atoms with Crippen molar-refractivity contribution in [1.82, 2.24) is 15.5 Å². The Kier molecular flexibility index (Phi) is 4.41. The maximum absolute atomic E-state index is 12.8. The average Bonchev–Trinajstić information content (AvgIpc) is 3.12. The third-order valence-electron chi connectivity index (χ3n) is 6.43. The minimum absolute atomic E-state index is 0.0392. The Morgan fingerprint density at radius 3 is 2.50 bits per heavy atom. The Morgan fingerprint density at radius 1 is 0.958 bits per heavy atom. The van der Waals surface area contributed by atoms with Gasteiger partial charge in [0.15, 0.2) is 0 Å². The van der Waals surface area contributed by atoms with Gasteiger partial charge in [0.2, 0.25) is 5.91 Å². The van der Waals surface area contributed by atoms with Crippen molar-refractivity contribution in [2.75, 3.05) is 19.8 Å². The van der Waals surface area contributed by atoms with Gasteiger partial charge in [-0.1, -0.05) is 6.42 Å². The van der Waals surface area contributed by atoms with Crippen LogP contribution in [0.4, 0.5) is 4.79 Å². The highest BCUT2D eigenvalue weighted by molar-refractivity contribution is 5.88. The highest BCUT2D eigenvalue weighted by atomic mass is 16.5. The number of rotatable bonds is 3. The first-order valence-electron chi connectivity index (χ1n) is 9.63. The summed E-state index contributed by atoms with van der Waals surface area (Å²) in [5.74, 6) is 0.0392. The Hall–Kier alpha value is -1.30. The summed E-state index contributed by atoms with van der Waals surface area (Å²) in [4.78, 5) is 27.0. The summed E-state index contributed by atoms with van der Waals surface area (Å²) in [5.41, 5.74) is 0.222. The van der Waals surface area contributed by atoms with Crippen molar-refractivity contribution < 1.29 is 14.3 Å². The first-order valence-corrected chi connectivity index (χ1v) is 9.63. The van der Waals surface area contributed by atoms with Crippen LogP contribution in [-0.4, -0.2) is 54.7 Å². The van der Waals surface area contributed by atoms with Gasteiger partial charge in [0.1, 0.15) is 6.04 Å². The zero-order chi connectivity index (χ0) is 16.6. The summed E-state index contributed by atoms with van der Waals surface area (Å²) < 4.78 is 5.52. The summed E-state index contributed by atoms with van der Waals surface area (Å²) >= 11 is 0. The van der Waals surface area contributed by atoms with E-state index in [0.717, 1.165) is 58.2 Å². The number of hydrogen-bond acceptors (Lipinski definition) is 3. The van der Waals surface area contributed by atoms with E-state index in [1.54, 1.807) is 4.90 Å². The minimum atomic E-state index is -0.280. The molecule has 6 heteroatoms. The molecule has 6 nitrogen and oxygen atoms in total. The van der Waals surface area contributed by atoms with E-state index < -0.39 is 0 Å². The summed E-state index contributed by atoms with van der Waals surface area (Å²) in [6.07, 6.45) is 9.37. The molecule has 2 saturated carbocycles. The number of likely N-dealkylation sites (tertiary alicyclic amines) is 1. The van der Waals surface area contributed by atoms with Crippen LogP contribution in [0.5, 0.6) is 0 Å². The van der Waals surface area contributed by atoms with E-state index in [2.05, 4.69) is 10.6 Å². The lowest BCUT2D eigenvalue weighted by Crippen LogP contribution is -2.54. The Morgan fingerprint density at radius 2 is 1.75 bits per heavy atom. The molecule has 2 N–H and O–H groups in total. The number of carbonyl (C=O) groups is 2. The molecule has 2 heterocycles. The van der Waals surface area contributed by atoms with Crippen molar-refractivity contribution in [3.05, 3.63) is 0 Å². The Balaban J connectivity index is 1.38.